The molecule has 18 heavy (non-hydrogen) atoms. The molecular formula is C16H24N2. The predicted molar refractivity (Wildman–Crippen MR) is 85.4 cm³/mol. The van der Waals surface area contributed by atoms with Crippen LogP contribution in [-0.2, 0) is 0 Å². The second-order valence-corrected chi connectivity index (χ2v) is 2.99. The van der Waals surface area contributed by atoms with Crippen molar-refractivity contribution in [2.75, 3.05) is 0 Å². The fourth-order valence-corrected chi connectivity index (χ4v) is 1.26. The van der Waals surface area contributed by atoms with E-state index in [1.807, 2.05) is 45.9 Å². The number of hydrogen-bond acceptors (Lipinski definition) is 2. The lowest BCUT2D eigenvalue weighted by molar-refractivity contribution is 1.22. The third-order valence-electron chi connectivity index (χ3n) is 2.02. The Morgan fingerprint density at radius 1 is 1.00 bits per heavy atom. The van der Waals surface area contributed by atoms with Crippen molar-refractivity contribution in [1.29, 1.82) is 0 Å². The Bertz CT molecular complexity index is 393. The summed E-state index contributed by atoms with van der Waals surface area (Å²) in [5.41, 5.74) is 2.89. The van der Waals surface area contributed by atoms with Gasteiger partial charge < -0.3 is 0 Å². The smallest absolute Gasteiger partial charge is 0.0953 e. The molecule has 0 N–H and O–H groups in total. The Balaban J connectivity index is 0. The van der Waals surface area contributed by atoms with E-state index < -0.39 is 0 Å². The van der Waals surface area contributed by atoms with Crippen LogP contribution in [0.25, 0.3) is 0 Å². The molecule has 0 spiro atoms. The molecule has 0 aliphatic carbocycles. The van der Waals surface area contributed by atoms with Crippen LogP contribution < -0.4 is 0 Å². The van der Waals surface area contributed by atoms with Crippen LogP contribution in [0.5, 0.6) is 0 Å². The van der Waals surface area contributed by atoms with Crippen LogP contribution in [-0.4, -0.2) is 13.4 Å². The molecule has 0 atom stereocenters. The highest BCUT2D eigenvalue weighted by molar-refractivity contribution is 5.54. The van der Waals surface area contributed by atoms with Gasteiger partial charge in [-0.3, -0.25) is 9.98 Å². The van der Waals surface area contributed by atoms with Gasteiger partial charge in [-0.05, 0) is 38.4 Å². The number of rotatable bonds is 6. The van der Waals surface area contributed by atoms with Crippen molar-refractivity contribution in [3.05, 3.63) is 60.0 Å². The normalized spacial score (nSPS) is 12.1. The maximum atomic E-state index is 3.97. The first kappa shape index (κ1) is 18.4. The summed E-state index contributed by atoms with van der Waals surface area (Å²) in [7, 11) is 0. The summed E-state index contributed by atoms with van der Waals surface area (Å²) in [4.78, 5) is 7.92. The zero-order chi connectivity index (χ0) is 14.6. The molecule has 0 aromatic heterocycles. The maximum absolute atomic E-state index is 3.97. The molecule has 0 aromatic rings. The first-order valence-electron chi connectivity index (χ1n) is 5.95. The van der Waals surface area contributed by atoms with Crippen LogP contribution in [0.2, 0.25) is 0 Å². The standard InChI is InChI=1S/C14H18N2.C2H6/c1-7-10-11(4)13(15-5)14(16-6)12(8-2)9-3;1-2/h7-10H,2,4-6H2,1,3H3;1-2H3/b10-7-,12-9-,14-13-;. The summed E-state index contributed by atoms with van der Waals surface area (Å²) >= 11 is 0. The fraction of sp³-hybridized carbons (Fsp3) is 0.250. The number of allylic oxidation sites excluding steroid dienone is 4. The van der Waals surface area contributed by atoms with Gasteiger partial charge in [0.2, 0.25) is 0 Å². The quantitative estimate of drug-likeness (QED) is 0.469. The van der Waals surface area contributed by atoms with E-state index in [0.717, 1.165) is 11.1 Å². The molecule has 0 fully saturated rings. The SMILES string of the molecule is C=CC(=C/C)/C(N=C)=C(/N=C)C(=C)/C=C\C.CC. The molecule has 98 valence electrons. The lowest BCUT2D eigenvalue weighted by atomic mass is 10.1. The van der Waals surface area contributed by atoms with E-state index >= 15 is 0 Å². The minimum atomic E-state index is 0.626. The van der Waals surface area contributed by atoms with E-state index in [1.54, 1.807) is 6.08 Å². The van der Waals surface area contributed by atoms with Gasteiger partial charge in [0.25, 0.3) is 0 Å². The Morgan fingerprint density at radius 2 is 1.50 bits per heavy atom. The molecule has 0 bridgehead atoms. The second kappa shape index (κ2) is 11.5. The van der Waals surface area contributed by atoms with E-state index in [0.29, 0.717) is 11.4 Å². The topological polar surface area (TPSA) is 24.7 Å². The number of aliphatic imine (C=N–C) groups is 2. The predicted octanol–water partition coefficient (Wildman–Crippen LogP) is 4.89. The average molecular weight is 244 g/mol. The first-order chi connectivity index (χ1) is 8.65. The lowest BCUT2D eigenvalue weighted by Crippen LogP contribution is -1.92. The van der Waals surface area contributed by atoms with Crippen LogP contribution in [0.1, 0.15) is 27.7 Å². The Morgan fingerprint density at radius 3 is 1.78 bits per heavy atom. The molecule has 0 radical (unpaired) electrons. The van der Waals surface area contributed by atoms with Gasteiger partial charge in [-0.2, -0.15) is 0 Å². The maximum Gasteiger partial charge on any atom is 0.0953 e. The summed E-state index contributed by atoms with van der Waals surface area (Å²) in [6.07, 6.45) is 7.34. The Labute approximate surface area is 112 Å². The summed E-state index contributed by atoms with van der Waals surface area (Å²) in [5, 5.41) is 0. The number of hydrogen-bond donors (Lipinski definition) is 0. The molecule has 0 saturated heterocycles. The van der Waals surface area contributed by atoms with Gasteiger partial charge in [0.05, 0.1) is 11.4 Å². The van der Waals surface area contributed by atoms with Crippen molar-refractivity contribution in [1.82, 2.24) is 0 Å². The number of nitrogens with zero attached hydrogens (tertiary/aromatic N) is 2. The van der Waals surface area contributed by atoms with E-state index in [4.69, 9.17) is 0 Å². The lowest BCUT2D eigenvalue weighted by Gasteiger charge is -2.08. The van der Waals surface area contributed by atoms with Crippen molar-refractivity contribution in [3.63, 3.8) is 0 Å². The zero-order valence-electron chi connectivity index (χ0n) is 12.0. The summed E-state index contributed by atoms with van der Waals surface area (Å²) < 4.78 is 0. The first-order valence-corrected chi connectivity index (χ1v) is 5.95. The third kappa shape index (κ3) is 5.39. The van der Waals surface area contributed by atoms with Crippen LogP contribution in [0.4, 0.5) is 0 Å². The van der Waals surface area contributed by atoms with E-state index in [2.05, 4.69) is 36.6 Å². The molecule has 0 amide bonds. The molecule has 2 heteroatoms. The highest BCUT2D eigenvalue weighted by Crippen LogP contribution is 2.23. The van der Waals surface area contributed by atoms with Crippen molar-refractivity contribution >= 4 is 13.4 Å². The van der Waals surface area contributed by atoms with Gasteiger partial charge in [0, 0.05) is 0 Å². The molecular weight excluding hydrogens is 220 g/mol. The summed E-state index contributed by atoms with van der Waals surface area (Å²) in [6.45, 7) is 22.5. The van der Waals surface area contributed by atoms with Gasteiger partial charge in [-0.25, -0.2) is 0 Å². The molecule has 0 aliphatic rings. The fourth-order valence-electron chi connectivity index (χ4n) is 1.26. The monoisotopic (exact) mass is 244 g/mol. The van der Waals surface area contributed by atoms with Gasteiger partial charge in [-0.1, -0.05) is 51.3 Å². The molecule has 0 aromatic carbocycles. The van der Waals surface area contributed by atoms with Crippen molar-refractivity contribution in [2.24, 2.45) is 9.98 Å². The minimum Gasteiger partial charge on any atom is -0.262 e. The Kier molecular flexibility index (Phi) is 11.8. The molecule has 0 aliphatic heterocycles. The third-order valence-corrected chi connectivity index (χ3v) is 2.02. The average Bonchev–Trinajstić information content (AvgIpc) is 2.41. The molecule has 0 unspecified atom stereocenters. The van der Waals surface area contributed by atoms with E-state index in [-0.39, 0.29) is 0 Å². The molecule has 0 rings (SSSR count). The molecule has 2 nitrogen and oxygen atoms in total. The minimum absolute atomic E-state index is 0.626. The molecule has 0 heterocycles. The van der Waals surface area contributed by atoms with Crippen LogP contribution in [0.3, 0.4) is 0 Å². The van der Waals surface area contributed by atoms with Crippen molar-refractivity contribution in [2.45, 2.75) is 27.7 Å². The van der Waals surface area contributed by atoms with Crippen LogP contribution in [0.15, 0.2) is 70.0 Å². The second-order valence-electron chi connectivity index (χ2n) is 2.99. The summed E-state index contributed by atoms with van der Waals surface area (Å²) in [6, 6.07) is 0. The Hall–Kier alpha value is -1.96. The van der Waals surface area contributed by atoms with Crippen molar-refractivity contribution < 1.29 is 0 Å². The molecule has 0 saturated carbocycles. The van der Waals surface area contributed by atoms with Crippen LogP contribution in [0, 0.1) is 0 Å². The summed E-state index contributed by atoms with van der Waals surface area (Å²) in [5.74, 6) is 0. The zero-order valence-corrected chi connectivity index (χ0v) is 12.0. The van der Waals surface area contributed by atoms with Gasteiger partial charge in [-0.15, -0.1) is 0 Å². The van der Waals surface area contributed by atoms with Gasteiger partial charge >= 0.3 is 0 Å². The van der Waals surface area contributed by atoms with Gasteiger partial charge in [0.15, 0.2) is 0 Å². The van der Waals surface area contributed by atoms with E-state index in [9.17, 15) is 0 Å². The van der Waals surface area contributed by atoms with Crippen molar-refractivity contribution in [3.8, 4) is 0 Å². The van der Waals surface area contributed by atoms with Crippen LogP contribution >= 0.6 is 0 Å². The largest absolute Gasteiger partial charge is 0.262 e. The van der Waals surface area contributed by atoms with Gasteiger partial charge in [0.1, 0.15) is 0 Å². The highest BCUT2D eigenvalue weighted by atomic mass is 14.8. The highest BCUT2D eigenvalue weighted by Gasteiger charge is 2.08. The van der Waals surface area contributed by atoms with E-state index in [1.165, 1.54) is 0 Å².